The van der Waals surface area contributed by atoms with Gasteiger partial charge in [-0.1, -0.05) is 44.9 Å². The van der Waals surface area contributed by atoms with Crippen molar-refractivity contribution < 1.29 is 0 Å². The summed E-state index contributed by atoms with van der Waals surface area (Å²) in [6, 6.07) is 0. The molecule has 0 aliphatic heterocycles. The molecule has 1 unspecified atom stereocenters. The molecular formula is C17H33N. The minimum atomic E-state index is 0.232. The highest BCUT2D eigenvalue weighted by molar-refractivity contribution is 5.20. The van der Waals surface area contributed by atoms with Crippen molar-refractivity contribution >= 4 is 0 Å². The molecule has 18 heavy (non-hydrogen) atoms. The van der Waals surface area contributed by atoms with E-state index in [1.54, 1.807) is 0 Å². The molecule has 0 radical (unpaired) electrons. The zero-order chi connectivity index (χ0) is 14.2. The SMILES string of the molecule is C/C=C(\C=C/C(C)CCCC)CN(C)C(C)(C)C. The maximum absolute atomic E-state index is 2.39. The Morgan fingerprint density at radius 1 is 1.28 bits per heavy atom. The summed E-state index contributed by atoms with van der Waals surface area (Å²) in [5.74, 6) is 0.694. The van der Waals surface area contributed by atoms with Crippen LogP contribution in [0, 0.1) is 5.92 Å². The van der Waals surface area contributed by atoms with Gasteiger partial charge in [-0.3, -0.25) is 4.90 Å². The highest BCUT2D eigenvalue weighted by atomic mass is 15.1. The first-order valence-corrected chi connectivity index (χ1v) is 7.35. The second kappa shape index (κ2) is 8.53. The van der Waals surface area contributed by atoms with Gasteiger partial charge in [-0.2, -0.15) is 0 Å². The number of nitrogens with zero attached hydrogens (tertiary/aromatic N) is 1. The fourth-order valence-electron chi connectivity index (χ4n) is 1.66. The van der Waals surface area contributed by atoms with Crippen LogP contribution in [-0.4, -0.2) is 24.0 Å². The third-order valence-corrected chi connectivity index (χ3v) is 3.59. The highest BCUT2D eigenvalue weighted by Crippen LogP contribution is 2.15. The first-order valence-electron chi connectivity index (χ1n) is 7.35. The normalized spacial score (nSPS) is 15.7. The van der Waals surface area contributed by atoms with Crippen LogP contribution >= 0.6 is 0 Å². The third kappa shape index (κ3) is 7.71. The number of likely N-dealkylation sites (N-methyl/N-ethyl adjacent to an activating group) is 1. The topological polar surface area (TPSA) is 3.24 Å². The van der Waals surface area contributed by atoms with Gasteiger partial charge >= 0.3 is 0 Å². The van der Waals surface area contributed by atoms with Crippen molar-refractivity contribution in [2.45, 2.75) is 66.3 Å². The zero-order valence-corrected chi connectivity index (χ0v) is 13.6. The summed E-state index contributed by atoms with van der Waals surface area (Å²) in [7, 11) is 2.19. The maximum atomic E-state index is 2.39. The predicted molar refractivity (Wildman–Crippen MR) is 84.0 cm³/mol. The van der Waals surface area contributed by atoms with Gasteiger partial charge in [0.15, 0.2) is 0 Å². The Balaban J connectivity index is 4.32. The fourth-order valence-corrected chi connectivity index (χ4v) is 1.66. The van der Waals surface area contributed by atoms with Gasteiger partial charge in [0.2, 0.25) is 0 Å². The molecule has 0 heterocycles. The molecule has 0 saturated carbocycles. The van der Waals surface area contributed by atoms with Crippen molar-refractivity contribution in [1.29, 1.82) is 0 Å². The lowest BCUT2D eigenvalue weighted by atomic mass is 10.0. The standard InChI is InChI=1S/C17H33N/c1-8-10-11-15(3)12-13-16(9-2)14-18(7)17(4,5)6/h9,12-13,15H,8,10-11,14H2,1-7H3/b13-12-,16-9+. The van der Waals surface area contributed by atoms with Gasteiger partial charge in [-0.15, -0.1) is 0 Å². The molecule has 0 aromatic rings. The molecule has 0 aliphatic rings. The molecule has 0 bridgehead atoms. The van der Waals surface area contributed by atoms with Crippen LogP contribution in [0.15, 0.2) is 23.8 Å². The molecule has 0 spiro atoms. The Morgan fingerprint density at radius 2 is 1.89 bits per heavy atom. The highest BCUT2D eigenvalue weighted by Gasteiger charge is 2.16. The molecule has 0 aromatic heterocycles. The number of rotatable bonds is 7. The number of hydrogen-bond acceptors (Lipinski definition) is 1. The summed E-state index contributed by atoms with van der Waals surface area (Å²) in [6.45, 7) is 14.5. The molecule has 0 saturated heterocycles. The molecule has 0 aromatic carbocycles. The van der Waals surface area contributed by atoms with E-state index in [9.17, 15) is 0 Å². The van der Waals surface area contributed by atoms with Gasteiger partial charge in [-0.25, -0.2) is 0 Å². The van der Waals surface area contributed by atoms with Crippen LogP contribution < -0.4 is 0 Å². The molecule has 1 heteroatoms. The summed E-state index contributed by atoms with van der Waals surface area (Å²) >= 11 is 0. The summed E-state index contributed by atoms with van der Waals surface area (Å²) in [6.07, 6.45) is 10.8. The van der Waals surface area contributed by atoms with E-state index in [1.807, 2.05) is 0 Å². The maximum Gasteiger partial charge on any atom is 0.0232 e. The average Bonchev–Trinajstić information content (AvgIpc) is 2.30. The van der Waals surface area contributed by atoms with Crippen molar-refractivity contribution in [3.63, 3.8) is 0 Å². The molecular weight excluding hydrogens is 218 g/mol. The summed E-state index contributed by atoms with van der Waals surface area (Å²) in [5.41, 5.74) is 1.64. The van der Waals surface area contributed by atoms with Crippen molar-refractivity contribution in [2.24, 2.45) is 5.92 Å². The molecule has 0 aliphatic carbocycles. The number of allylic oxidation sites excluding steroid dienone is 2. The van der Waals surface area contributed by atoms with Gasteiger partial charge in [-0.05, 0) is 52.7 Å². The molecule has 106 valence electrons. The monoisotopic (exact) mass is 251 g/mol. The van der Waals surface area contributed by atoms with E-state index in [1.165, 1.54) is 24.8 Å². The lowest BCUT2D eigenvalue weighted by Gasteiger charge is -2.32. The van der Waals surface area contributed by atoms with Crippen molar-refractivity contribution in [1.82, 2.24) is 4.90 Å². The van der Waals surface area contributed by atoms with E-state index in [2.05, 4.69) is 71.7 Å². The fraction of sp³-hybridized carbons (Fsp3) is 0.765. The smallest absolute Gasteiger partial charge is 0.0232 e. The van der Waals surface area contributed by atoms with Gasteiger partial charge in [0, 0.05) is 12.1 Å². The van der Waals surface area contributed by atoms with Gasteiger partial charge in [0.25, 0.3) is 0 Å². The van der Waals surface area contributed by atoms with Crippen LogP contribution in [0.4, 0.5) is 0 Å². The largest absolute Gasteiger partial charge is 0.297 e. The first kappa shape index (κ1) is 17.4. The van der Waals surface area contributed by atoms with Crippen LogP contribution in [0.25, 0.3) is 0 Å². The summed E-state index contributed by atoms with van der Waals surface area (Å²) < 4.78 is 0. The van der Waals surface area contributed by atoms with Crippen LogP contribution in [0.3, 0.4) is 0 Å². The van der Waals surface area contributed by atoms with Crippen LogP contribution in [0.2, 0.25) is 0 Å². The molecule has 0 amide bonds. The predicted octanol–water partition coefficient (Wildman–Crippen LogP) is 5.05. The van der Waals surface area contributed by atoms with Crippen molar-refractivity contribution in [2.75, 3.05) is 13.6 Å². The second-order valence-electron chi connectivity index (χ2n) is 6.37. The van der Waals surface area contributed by atoms with E-state index in [0.717, 1.165) is 6.54 Å². The molecule has 0 N–H and O–H groups in total. The molecule has 1 atom stereocenters. The average molecular weight is 251 g/mol. The van der Waals surface area contributed by atoms with Gasteiger partial charge in [0.1, 0.15) is 0 Å². The van der Waals surface area contributed by atoms with Gasteiger partial charge in [0.05, 0.1) is 0 Å². The number of unbranched alkanes of at least 4 members (excludes halogenated alkanes) is 1. The third-order valence-electron chi connectivity index (χ3n) is 3.59. The van der Waals surface area contributed by atoms with Gasteiger partial charge < -0.3 is 0 Å². The van der Waals surface area contributed by atoms with Crippen LogP contribution in [0.5, 0.6) is 0 Å². The van der Waals surface area contributed by atoms with E-state index >= 15 is 0 Å². The summed E-state index contributed by atoms with van der Waals surface area (Å²) in [4.78, 5) is 2.39. The summed E-state index contributed by atoms with van der Waals surface area (Å²) in [5, 5.41) is 0. The van der Waals surface area contributed by atoms with Crippen molar-refractivity contribution in [3.8, 4) is 0 Å². The quantitative estimate of drug-likeness (QED) is 0.573. The molecule has 0 fully saturated rings. The van der Waals surface area contributed by atoms with Crippen LogP contribution in [-0.2, 0) is 0 Å². The zero-order valence-electron chi connectivity index (χ0n) is 13.6. The van der Waals surface area contributed by atoms with Crippen molar-refractivity contribution in [3.05, 3.63) is 23.8 Å². The Kier molecular flexibility index (Phi) is 8.26. The Morgan fingerprint density at radius 3 is 2.33 bits per heavy atom. The minimum Gasteiger partial charge on any atom is -0.297 e. The minimum absolute atomic E-state index is 0.232. The second-order valence-corrected chi connectivity index (χ2v) is 6.37. The van der Waals surface area contributed by atoms with E-state index in [0.29, 0.717) is 5.92 Å². The molecule has 1 nitrogen and oxygen atoms in total. The van der Waals surface area contributed by atoms with E-state index in [4.69, 9.17) is 0 Å². The number of hydrogen-bond donors (Lipinski definition) is 0. The Bertz CT molecular complexity index is 268. The van der Waals surface area contributed by atoms with E-state index in [-0.39, 0.29) is 5.54 Å². The first-order chi connectivity index (χ1) is 8.31. The lowest BCUT2D eigenvalue weighted by molar-refractivity contribution is 0.192. The van der Waals surface area contributed by atoms with Crippen LogP contribution in [0.1, 0.15) is 60.8 Å². The molecule has 0 rings (SSSR count). The van der Waals surface area contributed by atoms with E-state index < -0.39 is 0 Å². The lowest BCUT2D eigenvalue weighted by Crippen LogP contribution is -2.39. The Hall–Kier alpha value is -0.560. The Labute approximate surface area is 115 Å².